The van der Waals surface area contributed by atoms with E-state index in [2.05, 4.69) is 20.8 Å². The summed E-state index contributed by atoms with van der Waals surface area (Å²) in [5, 5.41) is 16.3. The Labute approximate surface area is 151 Å². The van der Waals surface area contributed by atoms with Gasteiger partial charge in [-0.05, 0) is 48.5 Å². The molecule has 2 rings (SSSR count). The van der Waals surface area contributed by atoms with E-state index in [0.29, 0.717) is 6.61 Å². The Morgan fingerprint density at radius 2 is 2.22 bits per heavy atom. The summed E-state index contributed by atoms with van der Waals surface area (Å²) >= 11 is 7.70. The molecular formula is C14H21Cl2N5OS. The van der Waals surface area contributed by atoms with Crippen LogP contribution >= 0.6 is 35.8 Å². The molecule has 0 saturated heterocycles. The number of ether oxygens (including phenoxy) is 1. The minimum atomic E-state index is 0. The average Bonchev–Trinajstić information content (AvgIpc) is 2.91. The van der Waals surface area contributed by atoms with Gasteiger partial charge in [-0.2, -0.15) is 0 Å². The van der Waals surface area contributed by atoms with E-state index in [9.17, 15) is 0 Å². The number of nitrogens with one attached hydrogen (secondary N) is 1. The number of hydrogen-bond acceptors (Lipinski definition) is 6. The Hall–Kier alpha value is -1.02. The van der Waals surface area contributed by atoms with Gasteiger partial charge in [0.25, 0.3) is 0 Å². The molecular weight excluding hydrogens is 357 g/mol. The number of hydrogen-bond donors (Lipinski definition) is 1. The molecule has 0 bridgehead atoms. The molecule has 2 aromatic rings. The van der Waals surface area contributed by atoms with Crippen LogP contribution in [0.5, 0.6) is 5.75 Å². The second kappa shape index (κ2) is 10.7. The Morgan fingerprint density at radius 1 is 1.39 bits per heavy atom. The normalized spacial score (nSPS) is 10.4. The molecule has 0 unspecified atom stereocenters. The number of thioether (sulfide) groups is 1. The maximum atomic E-state index is 6.04. The third-order valence-electron chi connectivity index (χ3n) is 2.95. The van der Waals surface area contributed by atoms with Gasteiger partial charge in [-0.25, -0.2) is 4.68 Å². The molecule has 128 valence electrons. The van der Waals surface area contributed by atoms with Crippen LogP contribution in [0.4, 0.5) is 0 Å². The van der Waals surface area contributed by atoms with Crippen molar-refractivity contribution in [1.82, 2.24) is 25.5 Å². The molecule has 1 N–H and O–H groups in total. The molecule has 23 heavy (non-hydrogen) atoms. The molecule has 0 aliphatic heterocycles. The summed E-state index contributed by atoms with van der Waals surface area (Å²) in [5.74, 6) is 1.86. The van der Waals surface area contributed by atoms with Crippen LogP contribution in [0.2, 0.25) is 5.02 Å². The highest BCUT2D eigenvalue weighted by molar-refractivity contribution is 7.99. The number of aryl methyl sites for hydroxylation is 1. The maximum Gasteiger partial charge on any atom is 0.209 e. The Balaban J connectivity index is 0.00000264. The number of nitrogens with zero attached hydrogens (tertiary/aromatic N) is 4. The summed E-state index contributed by atoms with van der Waals surface area (Å²) in [6.45, 7) is 4.28. The number of halogens is 2. The van der Waals surface area contributed by atoms with Crippen LogP contribution in [0, 0.1) is 0 Å². The van der Waals surface area contributed by atoms with Gasteiger partial charge in [0.05, 0.1) is 6.61 Å². The van der Waals surface area contributed by atoms with Crippen molar-refractivity contribution >= 4 is 35.8 Å². The van der Waals surface area contributed by atoms with Crippen molar-refractivity contribution in [2.75, 3.05) is 18.9 Å². The standard InChI is InChI=1S/C14H20ClN5OS.ClH/c1-3-21-13-6-5-12(15)9-11(13)10-16-7-4-8-22-14-17-18-19-20(14)2;/h5-6,9,16H,3-4,7-8,10H2,1-2H3;1H. The fourth-order valence-corrected chi connectivity index (χ4v) is 2.89. The highest BCUT2D eigenvalue weighted by atomic mass is 35.5. The zero-order chi connectivity index (χ0) is 15.8. The first-order valence-corrected chi connectivity index (χ1v) is 8.54. The lowest BCUT2D eigenvalue weighted by atomic mass is 10.2. The lowest BCUT2D eigenvalue weighted by molar-refractivity contribution is 0.335. The lowest BCUT2D eigenvalue weighted by Gasteiger charge is -2.11. The Kier molecular flexibility index (Phi) is 9.31. The van der Waals surface area contributed by atoms with E-state index in [1.54, 1.807) is 16.4 Å². The van der Waals surface area contributed by atoms with Gasteiger partial charge in [-0.1, -0.05) is 23.4 Å². The van der Waals surface area contributed by atoms with Crippen LogP contribution in [0.15, 0.2) is 23.4 Å². The molecule has 0 saturated carbocycles. The van der Waals surface area contributed by atoms with Crippen LogP contribution in [-0.4, -0.2) is 39.1 Å². The van der Waals surface area contributed by atoms with Crippen molar-refractivity contribution in [3.63, 3.8) is 0 Å². The predicted molar refractivity (Wildman–Crippen MR) is 95.7 cm³/mol. The molecule has 0 aliphatic carbocycles. The van der Waals surface area contributed by atoms with Crippen molar-refractivity contribution < 1.29 is 4.74 Å². The van der Waals surface area contributed by atoms with Gasteiger partial charge in [0.1, 0.15) is 5.75 Å². The van der Waals surface area contributed by atoms with E-state index in [4.69, 9.17) is 16.3 Å². The quantitative estimate of drug-likeness (QED) is 0.535. The van der Waals surface area contributed by atoms with Crippen molar-refractivity contribution in [3.05, 3.63) is 28.8 Å². The SMILES string of the molecule is CCOc1ccc(Cl)cc1CNCCCSc1nnnn1C.Cl. The van der Waals surface area contributed by atoms with E-state index in [-0.39, 0.29) is 12.4 Å². The second-order valence-electron chi connectivity index (χ2n) is 4.65. The lowest BCUT2D eigenvalue weighted by Crippen LogP contribution is -2.16. The fourth-order valence-electron chi connectivity index (χ4n) is 1.91. The van der Waals surface area contributed by atoms with E-state index >= 15 is 0 Å². The van der Waals surface area contributed by atoms with Crippen molar-refractivity contribution in [2.24, 2.45) is 7.05 Å². The third-order valence-corrected chi connectivity index (χ3v) is 4.28. The van der Waals surface area contributed by atoms with E-state index in [0.717, 1.165) is 46.8 Å². The molecule has 1 aromatic heterocycles. The predicted octanol–water partition coefficient (Wildman–Crippen LogP) is 2.96. The van der Waals surface area contributed by atoms with Crippen LogP contribution < -0.4 is 10.1 Å². The first kappa shape index (κ1) is 20.0. The van der Waals surface area contributed by atoms with Gasteiger partial charge in [0.2, 0.25) is 5.16 Å². The number of tetrazole rings is 1. The maximum absolute atomic E-state index is 6.04. The summed E-state index contributed by atoms with van der Waals surface area (Å²) in [7, 11) is 1.84. The molecule has 9 heteroatoms. The zero-order valence-corrected chi connectivity index (χ0v) is 15.5. The van der Waals surface area contributed by atoms with Gasteiger partial charge in [0.15, 0.2) is 0 Å². The average molecular weight is 378 g/mol. The van der Waals surface area contributed by atoms with Gasteiger partial charge in [-0.3, -0.25) is 0 Å². The van der Waals surface area contributed by atoms with Crippen LogP contribution in [0.1, 0.15) is 18.9 Å². The van der Waals surface area contributed by atoms with Crippen LogP contribution in [-0.2, 0) is 13.6 Å². The van der Waals surface area contributed by atoms with Gasteiger partial charge in [0, 0.05) is 29.9 Å². The molecule has 0 atom stereocenters. The molecule has 0 radical (unpaired) electrons. The number of aromatic nitrogens is 4. The summed E-state index contributed by atoms with van der Waals surface area (Å²) in [4.78, 5) is 0. The monoisotopic (exact) mass is 377 g/mol. The number of rotatable bonds is 9. The number of benzene rings is 1. The molecule has 0 amide bonds. The van der Waals surface area contributed by atoms with Crippen molar-refractivity contribution in [2.45, 2.75) is 25.0 Å². The topological polar surface area (TPSA) is 64.9 Å². The first-order chi connectivity index (χ1) is 10.7. The Bertz CT molecular complexity index is 596. The highest BCUT2D eigenvalue weighted by Gasteiger charge is 2.05. The van der Waals surface area contributed by atoms with Gasteiger partial charge in [-0.15, -0.1) is 17.5 Å². The molecule has 1 heterocycles. The summed E-state index contributed by atoms with van der Waals surface area (Å²) in [6.07, 6.45) is 1.03. The van der Waals surface area contributed by atoms with Crippen LogP contribution in [0.3, 0.4) is 0 Å². The summed E-state index contributed by atoms with van der Waals surface area (Å²) in [6, 6.07) is 5.71. The minimum Gasteiger partial charge on any atom is -0.494 e. The van der Waals surface area contributed by atoms with Gasteiger partial charge >= 0.3 is 0 Å². The van der Waals surface area contributed by atoms with E-state index < -0.39 is 0 Å². The van der Waals surface area contributed by atoms with Crippen molar-refractivity contribution in [3.8, 4) is 5.75 Å². The molecule has 0 aliphatic rings. The third kappa shape index (κ3) is 6.55. The van der Waals surface area contributed by atoms with E-state index in [1.165, 1.54) is 0 Å². The summed E-state index contributed by atoms with van der Waals surface area (Å²) in [5.41, 5.74) is 1.08. The second-order valence-corrected chi connectivity index (χ2v) is 6.15. The fraction of sp³-hybridized carbons (Fsp3) is 0.500. The largest absolute Gasteiger partial charge is 0.494 e. The molecule has 0 spiro atoms. The molecule has 1 aromatic carbocycles. The van der Waals surface area contributed by atoms with Crippen LogP contribution in [0.25, 0.3) is 0 Å². The first-order valence-electron chi connectivity index (χ1n) is 7.17. The van der Waals surface area contributed by atoms with Gasteiger partial charge < -0.3 is 10.1 Å². The molecule has 0 fully saturated rings. The minimum absolute atomic E-state index is 0. The summed E-state index contributed by atoms with van der Waals surface area (Å²) < 4.78 is 7.28. The highest BCUT2D eigenvalue weighted by Crippen LogP contribution is 2.22. The molecule has 6 nitrogen and oxygen atoms in total. The zero-order valence-electron chi connectivity index (χ0n) is 13.2. The smallest absolute Gasteiger partial charge is 0.209 e. The van der Waals surface area contributed by atoms with Crippen molar-refractivity contribution in [1.29, 1.82) is 0 Å². The van der Waals surface area contributed by atoms with E-state index in [1.807, 2.05) is 32.2 Å². The Morgan fingerprint density at radius 3 is 2.91 bits per heavy atom.